The Labute approximate surface area is 203 Å². The molecule has 9 nitrogen and oxygen atoms in total. The number of rotatable bonds is 5. The summed E-state index contributed by atoms with van der Waals surface area (Å²) in [7, 11) is 0. The number of imidazole rings is 1. The van der Waals surface area contributed by atoms with E-state index in [1.165, 1.54) is 34.2 Å². The Kier molecular flexibility index (Phi) is 5.92. The van der Waals surface area contributed by atoms with Crippen LogP contribution in [0.25, 0.3) is 5.69 Å². The zero-order valence-corrected chi connectivity index (χ0v) is 18.6. The largest absolute Gasteiger partial charge is 0.418 e. The van der Waals surface area contributed by atoms with E-state index in [0.717, 1.165) is 11.8 Å². The molecule has 0 spiro atoms. The molecule has 0 aliphatic carbocycles. The summed E-state index contributed by atoms with van der Waals surface area (Å²) in [5.74, 6) is -0.597. The molecule has 0 unspecified atom stereocenters. The average Bonchev–Trinajstić information content (AvgIpc) is 3.50. The van der Waals surface area contributed by atoms with E-state index >= 15 is 0 Å². The maximum absolute atomic E-state index is 13.3. The first-order valence-corrected chi connectivity index (χ1v) is 10.9. The van der Waals surface area contributed by atoms with Crippen LogP contribution in [0.5, 0.6) is 0 Å². The minimum absolute atomic E-state index is 0.0313. The number of aliphatic imine (C=N–C) groups is 1. The lowest BCUT2D eigenvalue weighted by atomic mass is 10.1. The molecule has 2 aromatic carbocycles. The van der Waals surface area contributed by atoms with Crippen molar-refractivity contribution in [1.82, 2.24) is 19.4 Å². The number of nitrogens with one attached hydrogen (secondary N) is 1. The first-order valence-electron chi connectivity index (χ1n) is 10.9. The van der Waals surface area contributed by atoms with Crippen molar-refractivity contribution in [1.29, 1.82) is 0 Å². The number of alkyl halides is 3. The molecular formula is C24H19F3N6O3. The molecule has 0 saturated carbocycles. The van der Waals surface area contributed by atoms with Gasteiger partial charge in [-0.15, -0.1) is 4.99 Å². The van der Waals surface area contributed by atoms with Gasteiger partial charge in [0.15, 0.2) is 0 Å². The first kappa shape index (κ1) is 23.1. The maximum atomic E-state index is 13.3. The van der Waals surface area contributed by atoms with E-state index in [4.69, 9.17) is 4.74 Å². The van der Waals surface area contributed by atoms with Crippen LogP contribution in [0.1, 0.15) is 11.1 Å². The van der Waals surface area contributed by atoms with E-state index in [0.29, 0.717) is 5.69 Å². The Bertz CT molecular complexity index is 1350. The van der Waals surface area contributed by atoms with Gasteiger partial charge in [0.25, 0.3) is 5.91 Å². The van der Waals surface area contributed by atoms with Crippen LogP contribution in [0.3, 0.4) is 0 Å². The molecule has 3 heterocycles. The molecule has 12 heteroatoms. The van der Waals surface area contributed by atoms with E-state index in [1.54, 1.807) is 30.9 Å². The quantitative estimate of drug-likeness (QED) is 0.577. The number of carbonyl (C=O) groups is 2. The third kappa shape index (κ3) is 4.78. The van der Waals surface area contributed by atoms with Crippen LogP contribution in [0.2, 0.25) is 0 Å². The molecule has 5 rings (SSSR count). The molecule has 0 saturated heterocycles. The van der Waals surface area contributed by atoms with E-state index in [9.17, 15) is 22.8 Å². The predicted octanol–water partition coefficient (Wildman–Crippen LogP) is 4.00. The second-order valence-corrected chi connectivity index (χ2v) is 8.01. The highest BCUT2D eigenvalue weighted by Crippen LogP contribution is 2.32. The summed E-state index contributed by atoms with van der Waals surface area (Å²) in [5.41, 5.74) is 0.563. The lowest BCUT2D eigenvalue weighted by Crippen LogP contribution is -2.32. The Morgan fingerprint density at radius 3 is 2.58 bits per heavy atom. The third-order valence-electron chi connectivity index (χ3n) is 5.63. The van der Waals surface area contributed by atoms with Gasteiger partial charge in [-0.2, -0.15) is 13.2 Å². The Morgan fingerprint density at radius 2 is 1.86 bits per heavy atom. The van der Waals surface area contributed by atoms with E-state index < -0.39 is 23.7 Å². The van der Waals surface area contributed by atoms with Crippen LogP contribution in [0.15, 0.2) is 84.2 Å². The molecule has 2 aliphatic heterocycles. The summed E-state index contributed by atoms with van der Waals surface area (Å²) in [6, 6.07) is 11.3. The number of amidine groups is 1. The number of hydrogen-bond donors (Lipinski definition) is 1. The number of halogens is 3. The van der Waals surface area contributed by atoms with Gasteiger partial charge >= 0.3 is 18.2 Å². The van der Waals surface area contributed by atoms with Crippen LogP contribution in [-0.2, 0) is 22.3 Å². The van der Waals surface area contributed by atoms with Crippen LogP contribution in [0, 0.1) is 0 Å². The normalized spacial score (nSPS) is 15.6. The van der Waals surface area contributed by atoms with E-state index in [2.05, 4.69) is 15.3 Å². The third-order valence-corrected chi connectivity index (χ3v) is 5.63. The number of anilines is 1. The van der Waals surface area contributed by atoms with Gasteiger partial charge in [-0.25, -0.2) is 9.78 Å². The fourth-order valence-corrected chi connectivity index (χ4v) is 3.82. The van der Waals surface area contributed by atoms with Crippen molar-refractivity contribution < 1.29 is 27.5 Å². The van der Waals surface area contributed by atoms with Gasteiger partial charge < -0.3 is 19.5 Å². The predicted molar refractivity (Wildman–Crippen MR) is 123 cm³/mol. The van der Waals surface area contributed by atoms with Gasteiger partial charge in [-0.05, 0) is 35.9 Å². The molecule has 0 atom stereocenters. The average molecular weight is 496 g/mol. The van der Waals surface area contributed by atoms with Gasteiger partial charge in [0.05, 0.1) is 18.1 Å². The molecule has 0 bridgehead atoms. The molecule has 1 N–H and O–H groups in total. The highest BCUT2D eigenvalue weighted by Gasteiger charge is 2.35. The zero-order chi connectivity index (χ0) is 25.3. The van der Waals surface area contributed by atoms with Crippen molar-refractivity contribution >= 4 is 23.6 Å². The number of amides is 3. The van der Waals surface area contributed by atoms with Gasteiger partial charge in [-0.1, -0.05) is 18.2 Å². The summed E-state index contributed by atoms with van der Waals surface area (Å²) in [6.07, 6.45) is 1.98. The number of nitrogens with zero attached hydrogens (tertiary/aromatic N) is 5. The molecule has 0 radical (unpaired) electrons. The lowest BCUT2D eigenvalue weighted by molar-refractivity contribution is -0.138. The fraction of sp³-hybridized carbons (Fsp3) is 0.167. The Hall–Kier alpha value is -4.61. The SMILES string of the molecule is O=C(Nc1ccc(-n2ccnc2)cc1)C1=CN2CCN(Cc3ccccc3C(F)(F)F)C(=O)N=C2O1. The zero-order valence-electron chi connectivity index (χ0n) is 18.6. The summed E-state index contributed by atoms with van der Waals surface area (Å²) < 4.78 is 47.3. The van der Waals surface area contributed by atoms with Crippen LogP contribution in [-0.4, -0.2) is 50.4 Å². The molecule has 0 fully saturated rings. The second-order valence-electron chi connectivity index (χ2n) is 8.01. The lowest BCUT2D eigenvalue weighted by Gasteiger charge is -2.21. The number of benzene rings is 2. The van der Waals surface area contributed by atoms with Gasteiger partial charge in [0, 0.05) is 43.4 Å². The number of carbonyl (C=O) groups excluding carboxylic acids is 2. The molecule has 36 heavy (non-hydrogen) atoms. The highest BCUT2D eigenvalue weighted by atomic mass is 19.4. The smallest absolute Gasteiger partial charge is 0.416 e. The van der Waals surface area contributed by atoms with Gasteiger partial charge in [0.2, 0.25) is 5.76 Å². The molecule has 2 aliphatic rings. The number of aromatic nitrogens is 2. The monoisotopic (exact) mass is 496 g/mol. The molecule has 1 aromatic heterocycles. The Morgan fingerprint density at radius 1 is 1.08 bits per heavy atom. The number of ether oxygens (including phenoxy) is 1. The first-order chi connectivity index (χ1) is 17.3. The van der Waals surface area contributed by atoms with Gasteiger partial charge in [-0.3, -0.25) is 9.69 Å². The van der Waals surface area contributed by atoms with Crippen molar-refractivity contribution in [3.63, 3.8) is 0 Å². The highest BCUT2D eigenvalue weighted by molar-refractivity contribution is 6.06. The number of urea groups is 1. The van der Waals surface area contributed by atoms with Gasteiger partial charge in [0.1, 0.15) is 0 Å². The van der Waals surface area contributed by atoms with Crippen molar-refractivity contribution in [2.24, 2.45) is 4.99 Å². The van der Waals surface area contributed by atoms with Crippen molar-refractivity contribution in [3.05, 3.63) is 90.3 Å². The second kappa shape index (κ2) is 9.21. The summed E-state index contributed by atoms with van der Waals surface area (Å²) >= 11 is 0. The number of fused-ring (bicyclic) bond motifs is 1. The standard InChI is InChI=1S/C24H19F3N6O3/c25-24(26,27)19-4-2-1-3-16(19)13-31-11-12-32-14-20(36-23(32)30-22(31)35)21(34)29-17-5-7-18(8-6-17)33-10-9-28-15-33/h1-10,14-15H,11-13H2,(H,29,34). The van der Waals surface area contributed by atoms with E-state index in [-0.39, 0.29) is 37.0 Å². The molecular weight excluding hydrogens is 477 g/mol. The van der Waals surface area contributed by atoms with Crippen molar-refractivity contribution in [2.45, 2.75) is 12.7 Å². The van der Waals surface area contributed by atoms with Crippen LogP contribution >= 0.6 is 0 Å². The molecule has 184 valence electrons. The van der Waals surface area contributed by atoms with Crippen molar-refractivity contribution in [2.75, 3.05) is 18.4 Å². The van der Waals surface area contributed by atoms with E-state index in [1.807, 2.05) is 16.7 Å². The maximum Gasteiger partial charge on any atom is 0.416 e. The minimum atomic E-state index is -4.54. The van der Waals surface area contributed by atoms with Crippen LogP contribution < -0.4 is 5.32 Å². The topological polar surface area (TPSA) is 92.1 Å². The summed E-state index contributed by atoms with van der Waals surface area (Å²) in [6.45, 7) is 0.0168. The summed E-state index contributed by atoms with van der Waals surface area (Å²) in [4.78, 5) is 35.9. The minimum Gasteiger partial charge on any atom is -0.418 e. The fourth-order valence-electron chi connectivity index (χ4n) is 3.82. The Balaban J connectivity index is 1.23. The van der Waals surface area contributed by atoms with Crippen molar-refractivity contribution in [3.8, 4) is 5.69 Å². The number of hydrogen-bond acceptors (Lipinski definition) is 5. The molecule has 3 amide bonds. The van der Waals surface area contributed by atoms with Crippen LogP contribution in [0.4, 0.5) is 23.7 Å². The summed E-state index contributed by atoms with van der Waals surface area (Å²) in [5, 5.41) is 2.71. The molecule has 3 aromatic rings.